The van der Waals surface area contributed by atoms with Gasteiger partial charge in [0.2, 0.25) is 0 Å². The number of nitrogen functional groups attached to an aromatic ring is 1. The Balaban J connectivity index is 1.53. The molecule has 0 unspecified atom stereocenters. The number of rotatable bonds is 6. The van der Waals surface area contributed by atoms with Crippen molar-refractivity contribution in [1.82, 2.24) is 14.5 Å². The van der Waals surface area contributed by atoms with Crippen LogP contribution in [-0.2, 0) is 4.74 Å². The Bertz CT molecular complexity index is 1370. The van der Waals surface area contributed by atoms with Crippen molar-refractivity contribution in [3.63, 3.8) is 0 Å². The maximum Gasteiger partial charge on any atom is 0.411 e. The number of anilines is 2. The van der Waals surface area contributed by atoms with E-state index in [9.17, 15) is 4.79 Å². The smallest absolute Gasteiger partial charge is 0.411 e. The number of nitrogens with zero attached hydrogens (tertiary/aromatic N) is 3. The summed E-state index contributed by atoms with van der Waals surface area (Å²) >= 11 is 6.52. The topological polar surface area (TPSA) is 104 Å². The molecular formula is C25H24ClN5O3. The predicted octanol–water partition coefficient (Wildman–Crippen LogP) is 6.42. The number of hydrogen-bond donors (Lipinski definition) is 2. The van der Waals surface area contributed by atoms with Crippen LogP contribution in [0.5, 0.6) is 11.8 Å². The first-order valence-electron chi connectivity index (χ1n) is 11.1. The van der Waals surface area contributed by atoms with Gasteiger partial charge in [-0.3, -0.25) is 5.32 Å². The number of hydrogen-bond acceptors (Lipinski definition) is 6. The van der Waals surface area contributed by atoms with Gasteiger partial charge in [0.15, 0.2) is 0 Å². The lowest BCUT2D eigenvalue weighted by molar-refractivity contribution is 0.130. The molecule has 9 heteroatoms. The summed E-state index contributed by atoms with van der Waals surface area (Å²) in [6.07, 6.45) is 4.62. The summed E-state index contributed by atoms with van der Waals surface area (Å²) in [4.78, 5) is 20.2. The highest BCUT2D eigenvalue weighted by Gasteiger charge is 2.30. The number of ether oxygens (including phenoxy) is 2. The molecule has 2 aromatic carbocycles. The van der Waals surface area contributed by atoms with Gasteiger partial charge in [0, 0.05) is 35.5 Å². The van der Waals surface area contributed by atoms with E-state index >= 15 is 0 Å². The Morgan fingerprint density at radius 2 is 1.94 bits per heavy atom. The van der Waals surface area contributed by atoms with Crippen LogP contribution in [0.25, 0.3) is 22.2 Å². The fourth-order valence-electron chi connectivity index (χ4n) is 3.95. The van der Waals surface area contributed by atoms with E-state index in [0.29, 0.717) is 28.2 Å². The highest BCUT2D eigenvalue weighted by molar-refractivity contribution is 6.34. The molecule has 1 aliphatic carbocycles. The molecule has 0 bridgehead atoms. The number of aromatic nitrogens is 3. The van der Waals surface area contributed by atoms with Crippen molar-refractivity contribution < 1.29 is 14.3 Å². The average Bonchev–Trinajstić information content (AvgIpc) is 3.59. The molecule has 174 valence electrons. The van der Waals surface area contributed by atoms with Gasteiger partial charge < -0.3 is 19.8 Å². The number of halogens is 1. The quantitative estimate of drug-likeness (QED) is 0.332. The maximum atomic E-state index is 12.0. The van der Waals surface area contributed by atoms with Crippen LogP contribution >= 0.6 is 11.6 Å². The van der Waals surface area contributed by atoms with E-state index in [1.165, 1.54) is 0 Å². The van der Waals surface area contributed by atoms with Crippen molar-refractivity contribution in [2.24, 2.45) is 0 Å². The van der Waals surface area contributed by atoms with Gasteiger partial charge in [-0.25, -0.2) is 14.8 Å². The highest BCUT2D eigenvalue weighted by Crippen LogP contribution is 2.47. The minimum absolute atomic E-state index is 0.227. The van der Waals surface area contributed by atoms with E-state index in [4.69, 9.17) is 26.8 Å². The zero-order chi connectivity index (χ0) is 23.8. The minimum atomic E-state index is -0.550. The van der Waals surface area contributed by atoms with Gasteiger partial charge in [0.25, 0.3) is 0 Å². The Morgan fingerprint density at radius 3 is 2.62 bits per heavy atom. The number of nitrogens with two attached hydrogens (primary N) is 1. The maximum absolute atomic E-state index is 12.0. The van der Waals surface area contributed by atoms with Gasteiger partial charge in [-0.05, 0) is 57.0 Å². The van der Waals surface area contributed by atoms with Gasteiger partial charge in [0.1, 0.15) is 5.75 Å². The number of amides is 1. The number of carbonyl (C=O) groups is 1. The summed E-state index contributed by atoms with van der Waals surface area (Å²) in [6, 6.07) is 13.6. The van der Waals surface area contributed by atoms with Gasteiger partial charge >= 0.3 is 12.1 Å². The Hall–Kier alpha value is -3.78. The molecule has 0 atom stereocenters. The molecule has 0 radical (unpaired) electrons. The summed E-state index contributed by atoms with van der Waals surface area (Å²) in [5.41, 5.74) is 10.5. The van der Waals surface area contributed by atoms with Crippen LogP contribution in [0.15, 0.2) is 54.9 Å². The van der Waals surface area contributed by atoms with Crippen LogP contribution < -0.4 is 15.8 Å². The van der Waals surface area contributed by atoms with Crippen molar-refractivity contribution in [2.75, 3.05) is 11.1 Å². The van der Waals surface area contributed by atoms with Crippen molar-refractivity contribution in [3.8, 4) is 23.0 Å². The third kappa shape index (κ3) is 4.36. The minimum Gasteiger partial charge on any atom is -0.447 e. The third-order valence-electron chi connectivity index (χ3n) is 5.50. The molecule has 8 nitrogen and oxygen atoms in total. The van der Waals surface area contributed by atoms with Crippen molar-refractivity contribution in [2.45, 2.75) is 38.8 Å². The molecule has 3 N–H and O–H groups in total. The molecule has 1 saturated carbocycles. The summed E-state index contributed by atoms with van der Waals surface area (Å²) in [5.74, 6) is 0.630. The first-order valence-corrected chi connectivity index (χ1v) is 11.4. The molecule has 2 aromatic heterocycles. The summed E-state index contributed by atoms with van der Waals surface area (Å²) < 4.78 is 13.2. The van der Waals surface area contributed by atoms with E-state index in [2.05, 4.69) is 19.9 Å². The number of nitrogens with one attached hydrogen (secondary N) is 1. The lowest BCUT2D eigenvalue weighted by Crippen LogP contribution is -2.18. The molecule has 2 heterocycles. The monoisotopic (exact) mass is 477 g/mol. The zero-order valence-corrected chi connectivity index (χ0v) is 19.5. The summed E-state index contributed by atoms with van der Waals surface area (Å²) in [6.45, 7) is 3.57. The largest absolute Gasteiger partial charge is 0.447 e. The Kier molecular flexibility index (Phi) is 5.75. The van der Waals surface area contributed by atoms with E-state index in [-0.39, 0.29) is 12.1 Å². The van der Waals surface area contributed by atoms with Crippen LogP contribution in [0, 0.1) is 0 Å². The molecule has 1 aliphatic rings. The zero-order valence-electron chi connectivity index (χ0n) is 18.8. The average molecular weight is 478 g/mol. The molecule has 0 saturated heterocycles. The second-order valence-electron chi connectivity index (χ2n) is 8.45. The van der Waals surface area contributed by atoms with Crippen LogP contribution in [0.4, 0.5) is 16.2 Å². The lowest BCUT2D eigenvalue weighted by atomic mass is 10.1. The SMILES string of the molecule is CC(C)OC(=O)Nc1ccc(-c2c(N)c3ccc(Oc4ncccn4)cc3n2C2CC2)cc1Cl. The standard InChI is InChI=1S/C25H24ClN5O3/c1-14(2)33-25(32)30-20-9-4-15(12-19(20)26)23-22(27)18-8-7-17(34-24-28-10-3-11-29-24)13-21(18)31(23)16-5-6-16/h3-4,7-14,16H,5-6,27H2,1-2H3,(H,30,32). The van der Waals surface area contributed by atoms with Crippen molar-refractivity contribution in [3.05, 3.63) is 59.9 Å². The lowest BCUT2D eigenvalue weighted by Gasteiger charge is -2.14. The van der Waals surface area contributed by atoms with Crippen LogP contribution in [0.3, 0.4) is 0 Å². The molecule has 1 amide bonds. The number of carbonyl (C=O) groups excluding carboxylic acids is 1. The number of fused-ring (bicyclic) bond motifs is 1. The predicted molar refractivity (Wildman–Crippen MR) is 132 cm³/mol. The molecule has 4 aromatic rings. The first kappa shape index (κ1) is 22.0. The summed E-state index contributed by atoms with van der Waals surface area (Å²) in [5, 5.41) is 4.01. The molecule has 0 aliphatic heterocycles. The van der Waals surface area contributed by atoms with Crippen LogP contribution in [-0.4, -0.2) is 26.7 Å². The highest BCUT2D eigenvalue weighted by atomic mass is 35.5. The second-order valence-corrected chi connectivity index (χ2v) is 8.86. The molecule has 5 rings (SSSR count). The molecular weight excluding hydrogens is 454 g/mol. The van der Waals surface area contributed by atoms with Gasteiger partial charge in [0.05, 0.1) is 33.7 Å². The van der Waals surface area contributed by atoms with Gasteiger partial charge in [-0.15, -0.1) is 0 Å². The normalized spacial score (nSPS) is 13.3. The van der Waals surface area contributed by atoms with E-state index < -0.39 is 6.09 Å². The van der Waals surface area contributed by atoms with E-state index in [1.807, 2.05) is 30.3 Å². The first-order chi connectivity index (χ1) is 16.4. The molecule has 34 heavy (non-hydrogen) atoms. The van der Waals surface area contributed by atoms with Crippen molar-refractivity contribution in [1.29, 1.82) is 0 Å². The number of benzene rings is 2. The fourth-order valence-corrected chi connectivity index (χ4v) is 4.17. The van der Waals surface area contributed by atoms with Gasteiger partial charge in [-0.1, -0.05) is 17.7 Å². The van der Waals surface area contributed by atoms with E-state index in [1.54, 1.807) is 38.4 Å². The second kappa shape index (κ2) is 8.87. The van der Waals surface area contributed by atoms with Crippen LogP contribution in [0.2, 0.25) is 5.02 Å². The Morgan fingerprint density at radius 1 is 1.18 bits per heavy atom. The molecule has 0 spiro atoms. The van der Waals surface area contributed by atoms with Crippen LogP contribution in [0.1, 0.15) is 32.7 Å². The molecule has 1 fully saturated rings. The van der Waals surface area contributed by atoms with E-state index in [0.717, 1.165) is 35.0 Å². The fraction of sp³-hybridized carbons (Fsp3) is 0.240. The summed E-state index contributed by atoms with van der Waals surface area (Å²) in [7, 11) is 0. The Labute approximate surface area is 201 Å². The van der Waals surface area contributed by atoms with Crippen molar-refractivity contribution >= 4 is 40.0 Å². The third-order valence-corrected chi connectivity index (χ3v) is 5.81. The van der Waals surface area contributed by atoms with Gasteiger partial charge in [-0.2, -0.15) is 0 Å².